The Morgan fingerprint density at radius 1 is 1.32 bits per heavy atom. The standard InChI is InChI=1S/C14H15N3O2/c1-10-8-13(17(18)19)9-15-14(10)16-11(2)12-6-4-3-5-7-12/h3-9,11H,1-2H3,(H,15,16)/p+1/t11-/m1/s1. The van der Waals surface area contributed by atoms with Crippen molar-refractivity contribution in [2.45, 2.75) is 19.9 Å². The van der Waals surface area contributed by atoms with Crippen LogP contribution in [0.3, 0.4) is 0 Å². The Bertz CT molecular complexity index is 584. The van der Waals surface area contributed by atoms with Crippen LogP contribution in [0, 0.1) is 17.0 Å². The number of aromatic amines is 1. The lowest BCUT2D eigenvalue weighted by Gasteiger charge is -2.10. The smallest absolute Gasteiger partial charge is 0.268 e. The van der Waals surface area contributed by atoms with Gasteiger partial charge in [0.05, 0.1) is 4.92 Å². The molecule has 0 bridgehead atoms. The third-order valence-electron chi connectivity index (χ3n) is 2.99. The van der Waals surface area contributed by atoms with Crippen LogP contribution in [0.5, 0.6) is 0 Å². The highest BCUT2D eigenvalue weighted by Gasteiger charge is 2.17. The van der Waals surface area contributed by atoms with Gasteiger partial charge in [-0.1, -0.05) is 30.3 Å². The molecule has 2 N–H and O–H groups in total. The van der Waals surface area contributed by atoms with E-state index in [4.69, 9.17) is 0 Å². The average Bonchev–Trinajstić information content (AvgIpc) is 2.41. The minimum Gasteiger partial charge on any atom is -0.268 e. The molecule has 0 radical (unpaired) electrons. The number of aryl methyl sites for hydroxylation is 1. The molecule has 0 aliphatic heterocycles. The number of aromatic nitrogens is 1. The Morgan fingerprint density at radius 2 is 2.00 bits per heavy atom. The van der Waals surface area contributed by atoms with Crippen LogP contribution in [0.25, 0.3) is 0 Å². The normalized spacial score (nSPS) is 11.9. The van der Waals surface area contributed by atoms with Crippen molar-refractivity contribution >= 4 is 11.5 Å². The molecule has 2 aromatic rings. The summed E-state index contributed by atoms with van der Waals surface area (Å²) in [4.78, 5) is 13.2. The number of anilines is 1. The lowest BCUT2D eigenvalue weighted by Crippen LogP contribution is -2.18. The summed E-state index contributed by atoms with van der Waals surface area (Å²) in [5, 5.41) is 14.0. The van der Waals surface area contributed by atoms with Crippen LogP contribution in [0.4, 0.5) is 11.5 Å². The predicted molar refractivity (Wildman–Crippen MR) is 72.9 cm³/mol. The molecular formula is C14H16N3O2+. The molecule has 1 aromatic carbocycles. The molecule has 2 rings (SSSR count). The number of rotatable bonds is 4. The van der Waals surface area contributed by atoms with Crippen LogP contribution in [-0.4, -0.2) is 4.92 Å². The van der Waals surface area contributed by atoms with Gasteiger partial charge in [-0.05, 0) is 19.4 Å². The fraction of sp³-hybridized carbons (Fsp3) is 0.214. The largest absolute Gasteiger partial charge is 0.308 e. The van der Waals surface area contributed by atoms with Crippen LogP contribution in [-0.2, 0) is 0 Å². The van der Waals surface area contributed by atoms with Crippen LogP contribution in [0.1, 0.15) is 24.1 Å². The van der Waals surface area contributed by atoms with Gasteiger partial charge >= 0.3 is 5.69 Å². The van der Waals surface area contributed by atoms with Crippen molar-refractivity contribution in [1.29, 1.82) is 0 Å². The molecule has 0 saturated carbocycles. The Kier molecular flexibility index (Phi) is 3.75. The van der Waals surface area contributed by atoms with Gasteiger partial charge in [-0.2, -0.15) is 0 Å². The lowest BCUT2D eigenvalue weighted by atomic mass is 10.1. The SMILES string of the molecule is Cc1cc([N+](=O)[O-])c[nH+]c1N[C@H](C)c1ccccc1. The Hall–Kier alpha value is -2.43. The third kappa shape index (κ3) is 3.07. The maximum atomic E-state index is 10.7. The molecule has 5 heteroatoms. The maximum Gasteiger partial charge on any atom is 0.308 e. The van der Waals surface area contributed by atoms with Crippen molar-refractivity contribution in [3.63, 3.8) is 0 Å². The van der Waals surface area contributed by atoms with Crippen molar-refractivity contribution in [3.05, 3.63) is 63.8 Å². The van der Waals surface area contributed by atoms with Crippen molar-refractivity contribution in [2.24, 2.45) is 0 Å². The number of hydrogen-bond acceptors (Lipinski definition) is 3. The van der Waals surface area contributed by atoms with Gasteiger partial charge in [0.1, 0.15) is 6.04 Å². The Morgan fingerprint density at radius 3 is 2.58 bits per heavy atom. The first-order chi connectivity index (χ1) is 9.08. The maximum absolute atomic E-state index is 10.7. The molecule has 0 amide bonds. The second-order valence-corrected chi connectivity index (χ2v) is 4.45. The van der Waals surface area contributed by atoms with E-state index in [1.165, 1.54) is 6.20 Å². The second kappa shape index (κ2) is 5.48. The second-order valence-electron chi connectivity index (χ2n) is 4.45. The summed E-state index contributed by atoms with van der Waals surface area (Å²) in [5.41, 5.74) is 2.04. The van der Waals surface area contributed by atoms with Crippen LogP contribution >= 0.6 is 0 Å². The predicted octanol–water partition coefficient (Wildman–Crippen LogP) is 2.89. The Balaban J connectivity index is 2.18. The van der Waals surface area contributed by atoms with Crippen LogP contribution in [0.2, 0.25) is 0 Å². The van der Waals surface area contributed by atoms with E-state index < -0.39 is 4.92 Å². The molecule has 1 heterocycles. The molecular weight excluding hydrogens is 242 g/mol. The number of benzene rings is 1. The molecule has 0 aliphatic carbocycles. The van der Waals surface area contributed by atoms with Gasteiger partial charge in [-0.15, -0.1) is 0 Å². The molecule has 0 fully saturated rings. The van der Waals surface area contributed by atoms with Gasteiger partial charge in [0.25, 0.3) is 5.82 Å². The minimum atomic E-state index is -0.409. The first kappa shape index (κ1) is 13.0. The number of nitrogens with one attached hydrogen (secondary N) is 2. The van der Waals surface area contributed by atoms with E-state index in [9.17, 15) is 10.1 Å². The van der Waals surface area contributed by atoms with Crippen molar-refractivity contribution in [2.75, 3.05) is 5.32 Å². The number of nitrogens with zero attached hydrogens (tertiary/aromatic N) is 1. The van der Waals surface area contributed by atoms with E-state index in [1.807, 2.05) is 44.2 Å². The summed E-state index contributed by atoms with van der Waals surface area (Å²) >= 11 is 0. The van der Waals surface area contributed by atoms with E-state index in [0.717, 1.165) is 16.9 Å². The highest BCUT2D eigenvalue weighted by molar-refractivity contribution is 5.44. The zero-order valence-electron chi connectivity index (χ0n) is 10.9. The number of pyridine rings is 1. The van der Waals surface area contributed by atoms with E-state index in [1.54, 1.807) is 6.07 Å². The fourth-order valence-corrected chi connectivity index (χ4v) is 1.90. The van der Waals surface area contributed by atoms with Crippen molar-refractivity contribution < 1.29 is 9.91 Å². The van der Waals surface area contributed by atoms with Gasteiger partial charge in [0.15, 0.2) is 6.20 Å². The zero-order chi connectivity index (χ0) is 13.8. The van der Waals surface area contributed by atoms with Gasteiger partial charge < -0.3 is 0 Å². The molecule has 1 atom stereocenters. The topological polar surface area (TPSA) is 69.3 Å². The quantitative estimate of drug-likeness (QED) is 0.677. The molecule has 0 unspecified atom stereocenters. The lowest BCUT2D eigenvalue weighted by molar-refractivity contribution is -0.413. The highest BCUT2D eigenvalue weighted by atomic mass is 16.6. The van der Waals surface area contributed by atoms with Gasteiger partial charge in [-0.3, -0.25) is 15.4 Å². The van der Waals surface area contributed by atoms with Gasteiger partial charge in [0.2, 0.25) is 0 Å². The molecule has 5 nitrogen and oxygen atoms in total. The Labute approximate surface area is 111 Å². The zero-order valence-corrected chi connectivity index (χ0v) is 10.9. The van der Waals surface area contributed by atoms with Gasteiger partial charge in [0, 0.05) is 11.6 Å². The average molecular weight is 258 g/mol. The summed E-state index contributed by atoms with van der Waals surface area (Å²) in [7, 11) is 0. The molecule has 19 heavy (non-hydrogen) atoms. The van der Waals surface area contributed by atoms with Crippen LogP contribution in [0.15, 0.2) is 42.6 Å². The molecule has 1 aromatic heterocycles. The summed E-state index contributed by atoms with van der Waals surface area (Å²) in [6.07, 6.45) is 1.40. The van der Waals surface area contributed by atoms with E-state index >= 15 is 0 Å². The van der Waals surface area contributed by atoms with Gasteiger partial charge in [-0.25, -0.2) is 4.98 Å². The summed E-state index contributed by atoms with van der Waals surface area (Å²) < 4.78 is 0. The van der Waals surface area contributed by atoms with Crippen molar-refractivity contribution in [1.82, 2.24) is 0 Å². The molecule has 0 spiro atoms. The third-order valence-corrected chi connectivity index (χ3v) is 2.99. The first-order valence-corrected chi connectivity index (χ1v) is 6.06. The monoisotopic (exact) mass is 258 g/mol. The highest BCUT2D eigenvalue weighted by Crippen LogP contribution is 2.20. The summed E-state index contributed by atoms with van der Waals surface area (Å²) in [5.74, 6) is 0.793. The van der Waals surface area contributed by atoms with E-state index in [0.29, 0.717) is 0 Å². The van der Waals surface area contributed by atoms with Crippen molar-refractivity contribution in [3.8, 4) is 0 Å². The first-order valence-electron chi connectivity index (χ1n) is 6.06. The molecule has 98 valence electrons. The molecule has 0 aliphatic rings. The van der Waals surface area contributed by atoms with Crippen LogP contribution < -0.4 is 10.3 Å². The number of H-pyrrole nitrogens is 1. The van der Waals surface area contributed by atoms with E-state index in [-0.39, 0.29) is 11.7 Å². The minimum absolute atomic E-state index is 0.0652. The molecule has 0 saturated heterocycles. The number of nitro groups is 1. The van der Waals surface area contributed by atoms with E-state index in [2.05, 4.69) is 10.3 Å². The summed E-state index contributed by atoms with van der Waals surface area (Å²) in [6, 6.07) is 11.7. The fourth-order valence-electron chi connectivity index (χ4n) is 1.90. The number of hydrogen-bond donors (Lipinski definition) is 1. The summed E-state index contributed by atoms with van der Waals surface area (Å²) in [6.45, 7) is 3.88.